The molecule has 4 rings (SSSR count). The Morgan fingerprint density at radius 2 is 1.93 bits per heavy atom. The zero-order chi connectivity index (χ0) is 21.6. The predicted molar refractivity (Wildman–Crippen MR) is 104 cm³/mol. The normalized spacial score (nSPS) is 15.9. The zero-order valence-electron chi connectivity index (χ0n) is 15.3. The molecule has 9 heteroatoms. The first-order chi connectivity index (χ1) is 14.1. The van der Waals surface area contributed by atoms with Crippen LogP contribution in [0, 0.1) is 6.92 Å². The van der Waals surface area contributed by atoms with Gasteiger partial charge in [-0.1, -0.05) is 23.7 Å². The molecule has 0 fully saturated rings. The number of nitrogens with zero attached hydrogens (tertiary/aromatic N) is 1. The number of carboxylic acids is 1. The number of carboxylic acid groups (broad SMARTS) is 1. The molecule has 1 aliphatic heterocycles. The van der Waals surface area contributed by atoms with Gasteiger partial charge in [0.05, 0.1) is 16.1 Å². The van der Waals surface area contributed by atoms with Gasteiger partial charge in [0.25, 0.3) is 0 Å². The summed E-state index contributed by atoms with van der Waals surface area (Å²) >= 11 is 6.26. The summed E-state index contributed by atoms with van der Waals surface area (Å²) < 4.78 is 50.8. The van der Waals surface area contributed by atoms with Crippen LogP contribution in [0.4, 0.5) is 13.2 Å². The number of hydrogen-bond acceptors (Lipinski definition) is 4. The SMILES string of the molecule is Cc1cc(Oc2cc3c(cc2Cl)C=C(C(=O)O)C(C(F)(F)F)O3)c2ccccc2n1. The van der Waals surface area contributed by atoms with Gasteiger partial charge in [0.15, 0.2) is 0 Å². The number of ether oxygens (including phenoxy) is 2. The molecule has 154 valence electrons. The second-order valence-corrected chi connectivity index (χ2v) is 7.05. The van der Waals surface area contributed by atoms with Gasteiger partial charge in [-0.3, -0.25) is 4.98 Å². The van der Waals surface area contributed by atoms with Crippen molar-refractivity contribution in [2.24, 2.45) is 0 Å². The fourth-order valence-corrected chi connectivity index (χ4v) is 3.38. The maximum Gasteiger partial charge on any atom is 0.430 e. The minimum absolute atomic E-state index is 0.0688. The Bertz CT molecular complexity index is 1210. The summed E-state index contributed by atoms with van der Waals surface area (Å²) in [6.07, 6.45) is -6.59. The van der Waals surface area contributed by atoms with Gasteiger partial charge >= 0.3 is 12.1 Å². The van der Waals surface area contributed by atoms with E-state index >= 15 is 0 Å². The lowest BCUT2D eigenvalue weighted by atomic mass is 10.0. The minimum atomic E-state index is -4.90. The lowest BCUT2D eigenvalue weighted by Crippen LogP contribution is -2.40. The molecule has 1 atom stereocenters. The second-order valence-electron chi connectivity index (χ2n) is 6.65. The van der Waals surface area contributed by atoms with Gasteiger partial charge in [-0.2, -0.15) is 13.2 Å². The first-order valence-electron chi connectivity index (χ1n) is 8.69. The number of aliphatic carboxylic acids is 1. The zero-order valence-corrected chi connectivity index (χ0v) is 16.1. The van der Waals surface area contributed by atoms with Crippen LogP contribution in [0.15, 0.2) is 48.0 Å². The number of halogens is 4. The molecule has 0 bridgehead atoms. The van der Waals surface area contributed by atoms with E-state index in [0.29, 0.717) is 22.3 Å². The summed E-state index contributed by atoms with van der Waals surface area (Å²) in [6, 6.07) is 11.4. The van der Waals surface area contributed by atoms with Gasteiger partial charge in [0, 0.05) is 28.8 Å². The van der Waals surface area contributed by atoms with E-state index in [0.717, 1.165) is 6.08 Å². The van der Waals surface area contributed by atoms with E-state index in [2.05, 4.69) is 4.98 Å². The summed E-state index contributed by atoms with van der Waals surface area (Å²) in [6.45, 7) is 1.78. The van der Waals surface area contributed by atoms with Gasteiger partial charge in [-0.25, -0.2) is 4.79 Å². The number of fused-ring (bicyclic) bond motifs is 2. The van der Waals surface area contributed by atoms with Crippen LogP contribution in [0.3, 0.4) is 0 Å². The lowest BCUT2D eigenvalue weighted by molar-refractivity contribution is -0.187. The molecule has 0 radical (unpaired) electrons. The molecule has 0 saturated carbocycles. The van der Waals surface area contributed by atoms with Crippen LogP contribution >= 0.6 is 11.6 Å². The molecular weight excluding hydrogens is 423 g/mol. The van der Waals surface area contributed by atoms with E-state index in [9.17, 15) is 18.0 Å². The van der Waals surface area contributed by atoms with E-state index in [1.807, 2.05) is 6.07 Å². The Kier molecular flexibility index (Phi) is 4.82. The number of rotatable bonds is 3. The number of aryl methyl sites for hydroxylation is 1. The van der Waals surface area contributed by atoms with Crippen molar-refractivity contribution in [1.82, 2.24) is 4.98 Å². The van der Waals surface area contributed by atoms with Gasteiger partial charge < -0.3 is 14.6 Å². The van der Waals surface area contributed by atoms with Crippen molar-refractivity contribution < 1.29 is 32.5 Å². The Morgan fingerprint density at radius 1 is 1.20 bits per heavy atom. The van der Waals surface area contributed by atoms with E-state index in [-0.39, 0.29) is 22.1 Å². The smallest absolute Gasteiger partial charge is 0.430 e. The lowest BCUT2D eigenvalue weighted by Gasteiger charge is -2.27. The second kappa shape index (κ2) is 7.21. The number of carbonyl (C=O) groups is 1. The van der Waals surface area contributed by atoms with Crippen molar-refractivity contribution in [3.05, 3.63) is 64.3 Å². The fraction of sp³-hybridized carbons (Fsp3) is 0.143. The van der Waals surface area contributed by atoms with Crippen molar-refractivity contribution in [3.8, 4) is 17.2 Å². The predicted octanol–water partition coefficient (Wildman–Crippen LogP) is 5.78. The molecule has 0 spiro atoms. The summed E-state index contributed by atoms with van der Waals surface area (Å²) in [4.78, 5) is 15.7. The Labute approximate surface area is 173 Å². The summed E-state index contributed by atoms with van der Waals surface area (Å²) in [5.74, 6) is -1.42. The van der Waals surface area contributed by atoms with Gasteiger partial charge in [0.2, 0.25) is 6.10 Å². The third-order valence-electron chi connectivity index (χ3n) is 4.47. The van der Waals surface area contributed by atoms with Crippen LogP contribution in [-0.4, -0.2) is 28.3 Å². The van der Waals surface area contributed by atoms with Gasteiger partial charge in [-0.05, 0) is 31.2 Å². The molecule has 1 aliphatic rings. The molecule has 2 heterocycles. The highest BCUT2D eigenvalue weighted by Crippen LogP contribution is 2.43. The van der Waals surface area contributed by atoms with E-state index in [1.54, 1.807) is 31.2 Å². The highest BCUT2D eigenvalue weighted by Gasteiger charge is 2.48. The Morgan fingerprint density at radius 3 is 2.63 bits per heavy atom. The average molecular weight is 436 g/mol. The molecule has 0 saturated heterocycles. The first-order valence-corrected chi connectivity index (χ1v) is 9.07. The molecule has 0 amide bonds. The van der Waals surface area contributed by atoms with Crippen LogP contribution < -0.4 is 9.47 Å². The molecule has 1 N–H and O–H groups in total. The van der Waals surface area contributed by atoms with E-state index < -0.39 is 23.8 Å². The molecule has 1 unspecified atom stereocenters. The Hall–Kier alpha value is -3.26. The third kappa shape index (κ3) is 3.66. The monoisotopic (exact) mass is 435 g/mol. The molecular formula is C21H13ClF3NO4. The minimum Gasteiger partial charge on any atom is -0.478 e. The van der Waals surface area contributed by atoms with E-state index in [1.165, 1.54) is 12.1 Å². The average Bonchev–Trinajstić information content (AvgIpc) is 2.66. The van der Waals surface area contributed by atoms with Crippen LogP contribution in [0.5, 0.6) is 17.2 Å². The summed E-state index contributed by atoms with van der Waals surface area (Å²) in [5.41, 5.74) is 0.556. The largest absolute Gasteiger partial charge is 0.478 e. The quantitative estimate of drug-likeness (QED) is 0.564. The van der Waals surface area contributed by atoms with Gasteiger partial charge in [-0.15, -0.1) is 0 Å². The van der Waals surface area contributed by atoms with Crippen molar-refractivity contribution in [3.63, 3.8) is 0 Å². The summed E-state index contributed by atoms with van der Waals surface area (Å²) in [5, 5.41) is 9.91. The van der Waals surface area contributed by atoms with Crippen LogP contribution in [0.25, 0.3) is 17.0 Å². The molecule has 1 aromatic heterocycles. The van der Waals surface area contributed by atoms with Crippen LogP contribution in [-0.2, 0) is 4.79 Å². The van der Waals surface area contributed by atoms with Crippen LogP contribution in [0.2, 0.25) is 5.02 Å². The maximum absolute atomic E-state index is 13.3. The van der Waals surface area contributed by atoms with E-state index in [4.69, 9.17) is 26.2 Å². The first kappa shape index (κ1) is 20.0. The van der Waals surface area contributed by atoms with Crippen molar-refractivity contribution in [1.29, 1.82) is 0 Å². The molecule has 3 aromatic rings. The number of alkyl halides is 3. The Balaban J connectivity index is 1.78. The number of benzene rings is 2. The molecule has 5 nitrogen and oxygen atoms in total. The highest BCUT2D eigenvalue weighted by atomic mass is 35.5. The number of aromatic nitrogens is 1. The summed E-state index contributed by atoms with van der Waals surface area (Å²) in [7, 11) is 0. The van der Waals surface area contributed by atoms with Gasteiger partial charge in [0.1, 0.15) is 17.2 Å². The topological polar surface area (TPSA) is 68.7 Å². The van der Waals surface area contributed by atoms with Crippen molar-refractivity contribution in [2.75, 3.05) is 0 Å². The standard InChI is InChI=1S/C21H13ClF3NO4/c1-10-6-17(12-4-2-3-5-15(12)26-10)29-18-9-16-11(8-14(18)22)7-13(20(27)28)19(30-16)21(23,24)25/h2-9,19H,1H3,(H,27,28). The number of hydrogen-bond donors (Lipinski definition) is 1. The molecule has 2 aromatic carbocycles. The van der Waals surface area contributed by atoms with Crippen LogP contribution in [0.1, 0.15) is 11.3 Å². The fourth-order valence-electron chi connectivity index (χ4n) is 3.17. The third-order valence-corrected chi connectivity index (χ3v) is 4.77. The number of para-hydroxylation sites is 1. The highest BCUT2D eigenvalue weighted by molar-refractivity contribution is 6.32. The van der Waals surface area contributed by atoms with Crippen molar-refractivity contribution in [2.45, 2.75) is 19.2 Å². The molecule has 30 heavy (non-hydrogen) atoms. The molecule has 0 aliphatic carbocycles. The maximum atomic E-state index is 13.3. The number of pyridine rings is 1. The van der Waals surface area contributed by atoms with Crippen molar-refractivity contribution >= 4 is 34.5 Å².